The second-order valence-electron chi connectivity index (χ2n) is 7.04. The Morgan fingerprint density at radius 1 is 1.36 bits per heavy atom. The molecule has 3 rings (SSSR count). The number of hydrogen-bond acceptors (Lipinski definition) is 5. The Hall–Kier alpha value is -2.54. The van der Waals surface area contributed by atoms with Gasteiger partial charge in [-0.15, -0.1) is 0 Å². The first kappa shape index (κ1) is 17.3. The lowest BCUT2D eigenvalue weighted by atomic mass is 9.66. The molecule has 0 bridgehead atoms. The molecule has 0 aliphatic heterocycles. The smallest absolute Gasteiger partial charge is 0.313 e. The average Bonchev–Trinajstić information content (AvgIpc) is 2.84. The van der Waals surface area contributed by atoms with Gasteiger partial charge in [-0.2, -0.15) is 0 Å². The summed E-state index contributed by atoms with van der Waals surface area (Å²) in [5, 5.41) is 26.1. The summed E-state index contributed by atoms with van der Waals surface area (Å²) < 4.78 is 5.35. The minimum atomic E-state index is -1.42. The normalized spacial score (nSPS) is 25.6. The van der Waals surface area contributed by atoms with Crippen LogP contribution >= 0.6 is 0 Å². The molecule has 0 radical (unpaired) electrons. The number of fused-ring (bicyclic) bond motifs is 1. The summed E-state index contributed by atoms with van der Waals surface area (Å²) in [6.07, 6.45) is -0.229. The quantitative estimate of drug-likeness (QED) is 0.627. The summed E-state index contributed by atoms with van der Waals surface area (Å²) >= 11 is 0. The van der Waals surface area contributed by atoms with Crippen molar-refractivity contribution in [2.75, 3.05) is 0 Å². The summed E-state index contributed by atoms with van der Waals surface area (Å²) in [4.78, 5) is 25.1. The van der Waals surface area contributed by atoms with Crippen LogP contribution in [0.15, 0.2) is 29.1 Å². The van der Waals surface area contributed by atoms with Crippen LogP contribution in [-0.4, -0.2) is 38.1 Å². The number of carbonyl (C=O) groups excluding carboxylic acids is 1. The second-order valence-corrected chi connectivity index (χ2v) is 7.04. The fraction of sp³-hybridized carbons (Fsp3) is 0.444. The largest absolute Gasteiger partial charge is 0.508 e. The van der Waals surface area contributed by atoms with E-state index < -0.39 is 23.4 Å². The van der Waals surface area contributed by atoms with Crippen LogP contribution in [0.5, 0.6) is 5.75 Å². The van der Waals surface area contributed by atoms with E-state index in [-0.39, 0.29) is 23.8 Å². The van der Waals surface area contributed by atoms with Crippen molar-refractivity contribution >= 4 is 5.97 Å². The molecule has 0 amide bonds. The molecule has 0 spiro atoms. The zero-order valence-electron chi connectivity index (χ0n) is 14.4. The summed E-state index contributed by atoms with van der Waals surface area (Å²) in [7, 11) is 0. The first-order chi connectivity index (χ1) is 11.7. The molecule has 3 atom stereocenters. The van der Waals surface area contributed by atoms with Gasteiger partial charge in [-0.1, -0.05) is 12.1 Å². The van der Waals surface area contributed by atoms with Crippen molar-refractivity contribution in [1.82, 2.24) is 10.2 Å². The molecule has 0 fully saturated rings. The number of phenolic OH excluding ortho intramolecular Hbond substituents is 1. The number of carbonyl (C=O) groups is 1. The van der Waals surface area contributed by atoms with E-state index in [9.17, 15) is 19.8 Å². The van der Waals surface area contributed by atoms with Gasteiger partial charge in [-0.05, 0) is 38.5 Å². The van der Waals surface area contributed by atoms with E-state index in [2.05, 4.69) is 10.2 Å². The Morgan fingerprint density at radius 2 is 2.08 bits per heavy atom. The van der Waals surface area contributed by atoms with Gasteiger partial charge in [0.25, 0.3) is 5.56 Å². The summed E-state index contributed by atoms with van der Waals surface area (Å²) in [5.74, 6) is -2.25. The van der Waals surface area contributed by atoms with E-state index in [1.165, 1.54) is 12.1 Å². The SMILES string of the molecule is CC(C)OC(=O)[C@@H]1[C@H](c2cccc(O)c2)c2c([nH][nH]c2=O)C[C@@]1(C)O. The van der Waals surface area contributed by atoms with E-state index in [1.807, 2.05) is 0 Å². The third-order valence-corrected chi connectivity index (χ3v) is 4.58. The molecule has 1 aliphatic rings. The summed E-state index contributed by atoms with van der Waals surface area (Å²) in [5.41, 5.74) is -0.252. The molecule has 0 saturated heterocycles. The Balaban J connectivity index is 2.20. The first-order valence-corrected chi connectivity index (χ1v) is 8.22. The van der Waals surface area contributed by atoms with Gasteiger partial charge in [0.05, 0.1) is 17.6 Å². The monoisotopic (exact) mass is 346 g/mol. The number of aliphatic hydroxyl groups is 1. The van der Waals surface area contributed by atoms with Crippen LogP contribution in [0, 0.1) is 5.92 Å². The minimum Gasteiger partial charge on any atom is -0.508 e. The molecule has 1 aliphatic carbocycles. The fourth-order valence-electron chi connectivity index (χ4n) is 3.64. The van der Waals surface area contributed by atoms with Crippen molar-refractivity contribution in [3.05, 3.63) is 51.4 Å². The number of aromatic amines is 2. The van der Waals surface area contributed by atoms with Crippen molar-refractivity contribution in [2.45, 2.75) is 44.8 Å². The molecule has 7 heteroatoms. The van der Waals surface area contributed by atoms with Crippen LogP contribution in [0.25, 0.3) is 0 Å². The topological polar surface area (TPSA) is 115 Å². The highest BCUT2D eigenvalue weighted by Crippen LogP contribution is 2.45. The van der Waals surface area contributed by atoms with Crippen LogP contribution in [0.3, 0.4) is 0 Å². The van der Waals surface area contributed by atoms with Gasteiger partial charge in [0.15, 0.2) is 0 Å². The fourth-order valence-corrected chi connectivity index (χ4v) is 3.64. The number of aromatic nitrogens is 2. The number of H-pyrrole nitrogens is 2. The standard InChI is InChI=1S/C18H22N2O5/c1-9(2)25-17(23)15-13(10-5-4-6-11(21)7-10)14-12(8-18(15,3)24)19-20-16(14)22/h4-7,9,13,15,21,24H,8H2,1-3H3,(H2,19,20,22)/t13-,15+,18-/m1/s1. The second kappa shape index (κ2) is 6.07. The highest BCUT2D eigenvalue weighted by atomic mass is 16.5. The van der Waals surface area contributed by atoms with Crippen LogP contribution in [0.2, 0.25) is 0 Å². The molecule has 4 N–H and O–H groups in total. The van der Waals surface area contributed by atoms with Crippen molar-refractivity contribution < 1.29 is 19.7 Å². The van der Waals surface area contributed by atoms with Gasteiger partial charge < -0.3 is 20.0 Å². The molecule has 0 unspecified atom stereocenters. The third-order valence-electron chi connectivity index (χ3n) is 4.58. The lowest BCUT2D eigenvalue weighted by Gasteiger charge is -2.40. The maximum Gasteiger partial charge on any atom is 0.313 e. The van der Waals surface area contributed by atoms with Gasteiger partial charge in [-0.25, -0.2) is 0 Å². The number of esters is 1. The molecule has 134 valence electrons. The summed E-state index contributed by atoms with van der Waals surface area (Å²) in [6.45, 7) is 5.02. The van der Waals surface area contributed by atoms with Gasteiger partial charge >= 0.3 is 5.97 Å². The Kier molecular flexibility index (Phi) is 4.20. The van der Waals surface area contributed by atoms with Crippen LogP contribution in [-0.2, 0) is 16.0 Å². The van der Waals surface area contributed by atoms with Crippen LogP contribution in [0.1, 0.15) is 43.5 Å². The first-order valence-electron chi connectivity index (χ1n) is 8.22. The van der Waals surface area contributed by atoms with Crippen molar-refractivity contribution in [3.63, 3.8) is 0 Å². The van der Waals surface area contributed by atoms with Crippen molar-refractivity contribution in [1.29, 1.82) is 0 Å². The number of benzene rings is 1. The predicted molar refractivity (Wildman–Crippen MR) is 90.4 cm³/mol. The Labute approximate surface area is 144 Å². The van der Waals surface area contributed by atoms with Gasteiger partial charge in [-0.3, -0.25) is 14.7 Å². The van der Waals surface area contributed by atoms with Crippen LogP contribution in [0.4, 0.5) is 0 Å². The predicted octanol–water partition coefficient (Wildman–Crippen LogP) is 1.42. The molecule has 2 aromatic rings. The Morgan fingerprint density at radius 3 is 2.72 bits per heavy atom. The Bertz CT molecular complexity index is 849. The average molecular weight is 346 g/mol. The highest BCUT2D eigenvalue weighted by molar-refractivity contribution is 5.77. The molecular weight excluding hydrogens is 324 g/mol. The van der Waals surface area contributed by atoms with E-state index in [4.69, 9.17) is 4.74 Å². The van der Waals surface area contributed by atoms with Gasteiger partial charge in [0, 0.05) is 23.6 Å². The van der Waals surface area contributed by atoms with Crippen molar-refractivity contribution in [2.24, 2.45) is 5.92 Å². The zero-order valence-corrected chi connectivity index (χ0v) is 14.4. The van der Waals surface area contributed by atoms with E-state index >= 15 is 0 Å². The van der Waals surface area contributed by atoms with Crippen molar-refractivity contribution in [3.8, 4) is 5.75 Å². The number of aromatic hydroxyl groups is 1. The minimum absolute atomic E-state index is 0.0206. The maximum absolute atomic E-state index is 12.8. The lowest BCUT2D eigenvalue weighted by molar-refractivity contribution is -0.163. The lowest BCUT2D eigenvalue weighted by Crippen LogP contribution is -2.50. The third kappa shape index (κ3) is 3.07. The molecule has 1 aromatic heterocycles. The maximum atomic E-state index is 12.8. The number of nitrogens with one attached hydrogen (secondary N) is 2. The molecule has 1 aromatic carbocycles. The summed E-state index contributed by atoms with van der Waals surface area (Å²) in [6, 6.07) is 6.36. The molecule has 1 heterocycles. The highest BCUT2D eigenvalue weighted by Gasteiger charge is 2.51. The number of ether oxygens (including phenoxy) is 1. The van der Waals surface area contributed by atoms with E-state index in [0.29, 0.717) is 16.8 Å². The number of hydrogen-bond donors (Lipinski definition) is 4. The zero-order chi connectivity index (χ0) is 18.4. The van der Waals surface area contributed by atoms with Gasteiger partial charge in [0.1, 0.15) is 5.75 Å². The van der Waals surface area contributed by atoms with Gasteiger partial charge in [0.2, 0.25) is 0 Å². The number of rotatable bonds is 3. The van der Waals surface area contributed by atoms with E-state index in [1.54, 1.807) is 32.9 Å². The number of phenols is 1. The molecule has 7 nitrogen and oxygen atoms in total. The van der Waals surface area contributed by atoms with Crippen LogP contribution < -0.4 is 5.56 Å². The molecule has 25 heavy (non-hydrogen) atoms. The van der Waals surface area contributed by atoms with E-state index in [0.717, 1.165) is 0 Å². The molecule has 0 saturated carbocycles. The molecular formula is C18H22N2O5.